The van der Waals surface area contributed by atoms with Crippen LogP contribution in [0.1, 0.15) is 32.6 Å². The Morgan fingerprint density at radius 3 is 2.50 bits per heavy atom. The van der Waals surface area contributed by atoms with Crippen molar-refractivity contribution in [3.8, 4) is 0 Å². The Bertz CT molecular complexity index is 763. The van der Waals surface area contributed by atoms with E-state index in [-0.39, 0.29) is 48.3 Å². The Labute approximate surface area is 172 Å². The molecule has 1 N–H and O–H groups in total. The van der Waals surface area contributed by atoms with E-state index in [0.29, 0.717) is 12.8 Å². The Morgan fingerprint density at radius 2 is 1.93 bits per heavy atom. The zero-order valence-electron chi connectivity index (χ0n) is 16.1. The van der Waals surface area contributed by atoms with Crippen LogP contribution in [0, 0.1) is 11.7 Å². The molecule has 2 fully saturated rings. The van der Waals surface area contributed by atoms with Gasteiger partial charge in [-0.25, -0.2) is 12.8 Å². The highest BCUT2D eigenvalue weighted by molar-refractivity contribution is 7.89. The first-order valence-electron chi connectivity index (χ1n) is 9.71. The van der Waals surface area contributed by atoms with Crippen LogP contribution in [0.4, 0.5) is 4.39 Å². The minimum Gasteiger partial charge on any atom is -0.338 e. The summed E-state index contributed by atoms with van der Waals surface area (Å²) in [5.41, 5.74) is 0. The normalized spacial score (nSPS) is 21.3. The van der Waals surface area contributed by atoms with E-state index in [1.807, 2.05) is 4.90 Å². The van der Waals surface area contributed by atoms with Crippen molar-refractivity contribution in [3.63, 3.8) is 0 Å². The number of carbonyl (C=O) groups is 1. The van der Waals surface area contributed by atoms with Crippen molar-refractivity contribution in [2.24, 2.45) is 5.92 Å². The predicted octanol–water partition coefficient (Wildman–Crippen LogP) is 2.25. The molecule has 158 valence electrons. The maximum atomic E-state index is 13.9. The second-order valence-electron chi connectivity index (χ2n) is 7.29. The smallest absolute Gasteiger partial charge is 0.245 e. The van der Waals surface area contributed by atoms with Crippen molar-refractivity contribution in [2.75, 3.05) is 32.7 Å². The van der Waals surface area contributed by atoms with E-state index >= 15 is 0 Å². The van der Waals surface area contributed by atoms with E-state index in [0.717, 1.165) is 38.5 Å². The third kappa shape index (κ3) is 4.84. The van der Waals surface area contributed by atoms with Crippen molar-refractivity contribution in [2.45, 2.75) is 43.5 Å². The molecule has 3 rings (SSSR count). The van der Waals surface area contributed by atoms with E-state index in [2.05, 4.69) is 12.2 Å². The number of benzene rings is 1. The zero-order valence-corrected chi connectivity index (χ0v) is 17.8. The summed E-state index contributed by atoms with van der Waals surface area (Å²) in [5.74, 6) is -0.767. The van der Waals surface area contributed by atoms with Crippen molar-refractivity contribution >= 4 is 28.3 Å². The lowest BCUT2D eigenvalue weighted by Crippen LogP contribution is -2.48. The molecule has 1 atom stereocenters. The minimum absolute atomic E-state index is 0. The number of nitrogens with zero attached hydrogens (tertiary/aromatic N) is 2. The maximum Gasteiger partial charge on any atom is 0.245 e. The van der Waals surface area contributed by atoms with Gasteiger partial charge in [-0.3, -0.25) is 4.79 Å². The SMILES string of the molecule is CCCN(C(=O)C1CCN(S(=O)(=O)c2ccccc2F)CC1)C1CCNC1.Cl. The van der Waals surface area contributed by atoms with Crippen LogP contribution in [0.2, 0.25) is 0 Å². The van der Waals surface area contributed by atoms with E-state index in [9.17, 15) is 17.6 Å². The number of carbonyl (C=O) groups excluding carboxylic acids is 1. The third-order valence-corrected chi connectivity index (χ3v) is 7.41. The van der Waals surface area contributed by atoms with Gasteiger partial charge in [0.15, 0.2) is 0 Å². The van der Waals surface area contributed by atoms with Crippen LogP contribution in [0.25, 0.3) is 0 Å². The van der Waals surface area contributed by atoms with Gasteiger partial charge in [-0.1, -0.05) is 19.1 Å². The number of piperidine rings is 1. The molecule has 0 bridgehead atoms. The molecule has 0 spiro atoms. The highest BCUT2D eigenvalue weighted by atomic mass is 35.5. The first kappa shape index (κ1) is 23.1. The molecule has 2 saturated heterocycles. The zero-order chi connectivity index (χ0) is 19.4. The van der Waals surface area contributed by atoms with Gasteiger partial charge in [0, 0.05) is 38.1 Å². The first-order chi connectivity index (χ1) is 12.9. The molecule has 2 aliphatic rings. The average molecular weight is 434 g/mol. The molecule has 0 saturated carbocycles. The molecule has 6 nitrogen and oxygen atoms in total. The molecule has 1 aromatic rings. The second-order valence-corrected chi connectivity index (χ2v) is 9.19. The molecule has 1 amide bonds. The fourth-order valence-electron chi connectivity index (χ4n) is 3.99. The van der Waals surface area contributed by atoms with Gasteiger partial charge in [-0.05, 0) is 44.4 Å². The van der Waals surface area contributed by atoms with Gasteiger partial charge in [0.25, 0.3) is 0 Å². The monoisotopic (exact) mass is 433 g/mol. The molecule has 0 aliphatic carbocycles. The lowest BCUT2D eigenvalue weighted by Gasteiger charge is -2.36. The fraction of sp³-hybridized carbons (Fsp3) is 0.632. The number of halogens is 2. The van der Waals surface area contributed by atoms with Gasteiger partial charge in [-0.2, -0.15) is 4.31 Å². The molecular formula is C19H29ClFN3O3S. The van der Waals surface area contributed by atoms with E-state index < -0.39 is 15.8 Å². The van der Waals surface area contributed by atoms with Crippen molar-refractivity contribution < 1.29 is 17.6 Å². The Hall–Kier alpha value is -1.22. The Kier molecular flexibility index (Phi) is 8.24. The predicted molar refractivity (Wildman–Crippen MR) is 108 cm³/mol. The summed E-state index contributed by atoms with van der Waals surface area (Å²) >= 11 is 0. The summed E-state index contributed by atoms with van der Waals surface area (Å²) in [4.78, 5) is 14.7. The van der Waals surface area contributed by atoms with E-state index in [4.69, 9.17) is 0 Å². The minimum atomic E-state index is -3.86. The molecule has 1 unspecified atom stereocenters. The molecular weight excluding hydrogens is 405 g/mol. The summed E-state index contributed by atoms with van der Waals surface area (Å²) < 4.78 is 40.7. The number of rotatable bonds is 6. The van der Waals surface area contributed by atoms with Gasteiger partial charge in [0.1, 0.15) is 10.7 Å². The summed E-state index contributed by atoms with van der Waals surface area (Å²) in [6.45, 7) is 5.04. The topological polar surface area (TPSA) is 69.7 Å². The summed E-state index contributed by atoms with van der Waals surface area (Å²) in [6.07, 6.45) is 2.83. The lowest BCUT2D eigenvalue weighted by molar-refractivity contribution is -0.138. The molecule has 1 aromatic carbocycles. The van der Waals surface area contributed by atoms with E-state index in [1.165, 1.54) is 22.5 Å². The van der Waals surface area contributed by atoms with Gasteiger partial charge in [-0.15, -0.1) is 12.4 Å². The quantitative estimate of drug-likeness (QED) is 0.747. The molecule has 0 radical (unpaired) electrons. The summed E-state index contributed by atoms with van der Waals surface area (Å²) in [5, 5.41) is 3.30. The summed E-state index contributed by atoms with van der Waals surface area (Å²) in [7, 11) is -3.86. The highest BCUT2D eigenvalue weighted by Gasteiger charge is 2.36. The largest absolute Gasteiger partial charge is 0.338 e. The van der Waals surface area contributed by atoms with Gasteiger partial charge >= 0.3 is 0 Å². The number of hydrogen-bond donors (Lipinski definition) is 1. The molecule has 0 aromatic heterocycles. The van der Waals surface area contributed by atoms with Crippen LogP contribution in [0.3, 0.4) is 0 Å². The highest BCUT2D eigenvalue weighted by Crippen LogP contribution is 2.27. The average Bonchev–Trinajstić information content (AvgIpc) is 3.20. The molecule has 9 heteroatoms. The number of amides is 1. The number of hydrogen-bond acceptors (Lipinski definition) is 4. The molecule has 2 heterocycles. The number of sulfonamides is 1. The lowest BCUT2D eigenvalue weighted by atomic mass is 9.95. The van der Waals surface area contributed by atoms with Crippen LogP contribution in [0.15, 0.2) is 29.2 Å². The molecule has 2 aliphatic heterocycles. The van der Waals surface area contributed by atoms with Crippen molar-refractivity contribution in [3.05, 3.63) is 30.1 Å². The first-order valence-corrected chi connectivity index (χ1v) is 11.1. The van der Waals surface area contributed by atoms with Crippen LogP contribution >= 0.6 is 12.4 Å². The van der Waals surface area contributed by atoms with Crippen molar-refractivity contribution in [1.29, 1.82) is 0 Å². The Balaban J connectivity index is 0.00000280. The number of nitrogens with one attached hydrogen (secondary N) is 1. The van der Waals surface area contributed by atoms with Crippen LogP contribution in [0.5, 0.6) is 0 Å². The van der Waals surface area contributed by atoms with Gasteiger partial charge < -0.3 is 10.2 Å². The third-order valence-electron chi connectivity index (χ3n) is 5.48. The fourth-order valence-corrected chi connectivity index (χ4v) is 5.52. The maximum absolute atomic E-state index is 13.9. The van der Waals surface area contributed by atoms with Gasteiger partial charge in [0.2, 0.25) is 15.9 Å². The Morgan fingerprint density at radius 1 is 1.25 bits per heavy atom. The van der Waals surface area contributed by atoms with Gasteiger partial charge in [0.05, 0.1) is 0 Å². The molecule has 28 heavy (non-hydrogen) atoms. The van der Waals surface area contributed by atoms with Crippen LogP contribution in [-0.4, -0.2) is 62.3 Å². The van der Waals surface area contributed by atoms with Crippen LogP contribution in [-0.2, 0) is 14.8 Å². The van der Waals surface area contributed by atoms with Crippen molar-refractivity contribution in [1.82, 2.24) is 14.5 Å². The van der Waals surface area contributed by atoms with Crippen LogP contribution < -0.4 is 5.32 Å². The standard InChI is InChI=1S/C19H28FN3O3S.ClH/c1-2-11-23(16-7-10-21-14-16)19(24)15-8-12-22(13-9-15)27(25,26)18-6-4-3-5-17(18)20;/h3-6,15-16,21H,2,7-14H2,1H3;1H. The second kappa shape index (κ2) is 10.0. The van der Waals surface area contributed by atoms with E-state index in [1.54, 1.807) is 0 Å². The summed E-state index contributed by atoms with van der Waals surface area (Å²) in [6, 6.07) is 5.67.